The Hall–Kier alpha value is -2.25. The number of hydrogen-bond acceptors (Lipinski definition) is 5. The van der Waals surface area contributed by atoms with E-state index in [-0.39, 0.29) is 10.7 Å². The number of ether oxygens (including phenoxy) is 1. The van der Waals surface area contributed by atoms with Gasteiger partial charge in [-0.15, -0.1) is 11.3 Å². The van der Waals surface area contributed by atoms with Gasteiger partial charge in [0.15, 0.2) is 0 Å². The summed E-state index contributed by atoms with van der Waals surface area (Å²) in [5.74, 6) is -1.28. The molecule has 2 aromatic rings. The summed E-state index contributed by atoms with van der Waals surface area (Å²) in [6.07, 6.45) is 4.71. The summed E-state index contributed by atoms with van der Waals surface area (Å²) in [5, 5.41) is 9.43. The molecule has 0 atom stereocenters. The van der Waals surface area contributed by atoms with Crippen LogP contribution < -0.4 is 4.90 Å². The van der Waals surface area contributed by atoms with Gasteiger partial charge in [-0.2, -0.15) is 0 Å². The molecular formula is C16H15FN2O3S. The van der Waals surface area contributed by atoms with Crippen molar-refractivity contribution >= 4 is 35.1 Å². The van der Waals surface area contributed by atoms with Crippen LogP contribution in [0.1, 0.15) is 20.2 Å². The molecule has 120 valence electrons. The second-order valence-electron chi connectivity index (χ2n) is 5.01. The van der Waals surface area contributed by atoms with Gasteiger partial charge in [0.25, 0.3) is 0 Å². The van der Waals surface area contributed by atoms with Gasteiger partial charge in [0.05, 0.1) is 25.1 Å². The van der Waals surface area contributed by atoms with Crippen molar-refractivity contribution in [1.82, 2.24) is 4.98 Å². The fraction of sp³-hybridized carbons (Fsp3) is 0.250. The van der Waals surface area contributed by atoms with Crippen molar-refractivity contribution in [1.29, 1.82) is 0 Å². The minimum Gasteiger partial charge on any atom is -0.477 e. The maximum absolute atomic E-state index is 14.3. The molecule has 1 aliphatic rings. The molecule has 1 aromatic heterocycles. The molecule has 0 saturated carbocycles. The van der Waals surface area contributed by atoms with Crippen molar-refractivity contribution in [2.45, 2.75) is 0 Å². The Labute approximate surface area is 136 Å². The second kappa shape index (κ2) is 6.89. The third-order valence-corrected chi connectivity index (χ3v) is 4.43. The molecule has 0 spiro atoms. The number of thiazole rings is 1. The Bertz CT molecular complexity index is 739. The average Bonchev–Trinajstić information content (AvgIpc) is 3.03. The maximum Gasteiger partial charge on any atom is 0.347 e. The Kier molecular flexibility index (Phi) is 4.68. The number of aromatic nitrogens is 1. The van der Waals surface area contributed by atoms with Gasteiger partial charge in [0.1, 0.15) is 15.7 Å². The number of nitrogens with zero attached hydrogens (tertiary/aromatic N) is 2. The summed E-state index contributed by atoms with van der Waals surface area (Å²) >= 11 is 1.08. The predicted molar refractivity (Wildman–Crippen MR) is 87.4 cm³/mol. The van der Waals surface area contributed by atoms with Gasteiger partial charge in [-0.05, 0) is 23.8 Å². The molecule has 0 radical (unpaired) electrons. The zero-order valence-electron chi connectivity index (χ0n) is 12.2. The molecule has 23 heavy (non-hydrogen) atoms. The smallest absolute Gasteiger partial charge is 0.347 e. The van der Waals surface area contributed by atoms with Gasteiger partial charge in [-0.1, -0.05) is 12.1 Å². The van der Waals surface area contributed by atoms with Crippen LogP contribution in [-0.4, -0.2) is 42.4 Å². The fourth-order valence-corrected chi connectivity index (χ4v) is 2.98. The van der Waals surface area contributed by atoms with E-state index in [2.05, 4.69) is 4.98 Å². The topological polar surface area (TPSA) is 62.7 Å². The van der Waals surface area contributed by atoms with Crippen molar-refractivity contribution in [3.8, 4) is 0 Å². The molecular weight excluding hydrogens is 319 g/mol. The predicted octanol–water partition coefficient (Wildman–Crippen LogP) is 2.99. The van der Waals surface area contributed by atoms with Crippen LogP contribution in [0.5, 0.6) is 0 Å². The standard InChI is InChI=1S/C16H15FN2O3S/c17-12-9-11(1-3-13(12)19-5-7-22-8-6-19)2-4-15-18-10-14(23-15)16(20)21/h1-4,9-10H,5-8H2,(H,20,21). The number of carbonyl (C=O) groups is 1. The van der Waals surface area contributed by atoms with Gasteiger partial charge in [0, 0.05) is 13.1 Å². The Morgan fingerprint density at radius 2 is 2.13 bits per heavy atom. The number of anilines is 1. The molecule has 1 fully saturated rings. The molecule has 1 saturated heterocycles. The highest BCUT2D eigenvalue weighted by molar-refractivity contribution is 7.14. The lowest BCUT2D eigenvalue weighted by molar-refractivity contribution is 0.0702. The molecule has 1 aromatic carbocycles. The zero-order chi connectivity index (χ0) is 16.2. The molecule has 0 amide bonds. The lowest BCUT2D eigenvalue weighted by atomic mass is 10.1. The van der Waals surface area contributed by atoms with Gasteiger partial charge in [-0.3, -0.25) is 0 Å². The van der Waals surface area contributed by atoms with E-state index in [9.17, 15) is 9.18 Å². The van der Waals surface area contributed by atoms with Crippen molar-refractivity contribution < 1.29 is 19.0 Å². The minimum absolute atomic E-state index is 0.179. The minimum atomic E-state index is -0.997. The molecule has 3 rings (SSSR count). The zero-order valence-corrected chi connectivity index (χ0v) is 13.1. The highest BCUT2D eigenvalue weighted by Gasteiger charge is 2.14. The first-order chi connectivity index (χ1) is 11.1. The van der Waals surface area contributed by atoms with Crippen molar-refractivity contribution in [3.05, 3.63) is 45.7 Å². The summed E-state index contributed by atoms with van der Waals surface area (Å²) in [6.45, 7) is 2.58. The molecule has 0 bridgehead atoms. The lowest BCUT2D eigenvalue weighted by Gasteiger charge is -2.29. The fourth-order valence-electron chi connectivity index (χ4n) is 2.32. The molecule has 1 N–H and O–H groups in total. The Morgan fingerprint density at radius 1 is 1.35 bits per heavy atom. The third-order valence-electron chi connectivity index (χ3n) is 3.48. The van der Waals surface area contributed by atoms with E-state index in [1.165, 1.54) is 12.3 Å². The van der Waals surface area contributed by atoms with Crippen molar-refractivity contribution in [3.63, 3.8) is 0 Å². The first-order valence-electron chi connectivity index (χ1n) is 7.13. The van der Waals surface area contributed by atoms with Crippen molar-refractivity contribution in [2.75, 3.05) is 31.2 Å². The van der Waals surface area contributed by atoms with E-state index in [4.69, 9.17) is 9.84 Å². The molecule has 0 aliphatic carbocycles. The van der Waals surface area contributed by atoms with E-state index >= 15 is 0 Å². The van der Waals surface area contributed by atoms with Gasteiger partial charge < -0.3 is 14.7 Å². The van der Waals surface area contributed by atoms with Gasteiger partial charge in [-0.25, -0.2) is 14.2 Å². The quantitative estimate of drug-likeness (QED) is 0.931. The van der Waals surface area contributed by atoms with Crippen LogP contribution in [0.25, 0.3) is 12.2 Å². The van der Waals surface area contributed by atoms with E-state index in [1.807, 2.05) is 11.0 Å². The van der Waals surface area contributed by atoms with Crippen molar-refractivity contribution in [2.24, 2.45) is 0 Å². The van der Waals surface area contributed by atoms with Crippen LogP contribution in [0.4, 0.5) is 10.1 Å². The van der Waals surface area contributed by atoms with Crippen LogP contribution in [-0.2, 0) is 4.74 Å². The lowest BCUT2D eigenvalue weighted by Crippen LogP contribution is -2.36. The molecule has 5 nitrogen and oxygen atoms in total. The number of rotatable bonds is 4. The van der Waals surface area contributed by atoms with Gasteiger partial charge >= 0.3 is 5.97 Å². The van der Waals surface area contributed by atoms with Crippen LogP contribution in [0.15, 0.2) is 24.4 Å². The highest BCUT2D eigenvalue weighted by Crippen LogP contribution is 2.23. The Morgan fingerprint density at radius 3 is 2.78 bits per heavy atom. The molecule has 2 heterocycles. The van der Waals surface area contributed by atoms with E-state index < -0.39 is 5.97 Å². The normalized spacial score (nSPS) is 15.3. The first kappa shape index (κ1) is 15.6. The van der Waals surface area contributed by atoms with Crippen LogP contribution in [0, 0.1) is 5.82 Å². The second-order valence-corrected chi connectivity index (χ2v) is 6.07. The molecule has 7 heteroatoms. The number of carboxylic acids is 1. The Balaban J connectivity index is 1.74. The molecule has 0 unspecified atom stereocenters. The molecule has 1 aliphatic heterocycles. The van der Waals surface area contributed by atoms with E-state index in [1.54, 1.807) is 18.2 Å². The number of hydrogen-bond donors (Lipinski definition) is 1. The number of aromatic carboxylic acids is 1. The third kappa shape index (κ3) is 3.75. The van der Waals surface area contributed by atoms with Gasteiger partial charge in [0.2, 0.25) is 0 Å². The summed E-state index contributed by atoms with van der Waals surface area (Å²) in [6, 6.07) is 5.05. The first-order valence-corrected chi connectivity index (χ1v) is 7.94. The number of halogens is 1. The summed E-state index contributed by atoms with van der Waals surface area (Å²) in [5.41, 5.74) is 1.28. The SMILES string of the molecule is O=C(O)c1cnc(C=Cc2ccc(N3CCOCC3)c(F)c2)s1. The average molecular weight is 334 g/mol. The largest absolute Gasteiger partial charge is 0.477 e. The van der Waals surface area contributed by atoms with E-state index in [0.717, 1.165) is 11.3 Å². The summed E-state index contributed by atoms with van der Waals surface area (Å²) in [7, 11) is 0. The summed E-state index contributed by atoms with van der Waals surface area (Å²) in [4.78, 5) is 16.9. The van der Waals surface area contributed by atoms with Crippen LogP contribution in [0.2, 0.25) is 0 Å². The summed E-state index contributed by atoms with van der Waals surface area (Å²) < 4.78 is 19.5. The van der Waals surface area contributed by atoms with Crippen LogP contribution in [0.3, 0.4) is 0 Å². The number of morpholine rings is 1. The van der Waals surface area contributed by atoms with Crippen LogP contribution >= 0.6 is 11.3 Å². The number of carboxylic acid groups (broad SMARTS) is 1. The number of benzene rings is 1. The maximum atomic E-state index is 14.3. The highest BCUT2D eigenvalue weighted by atomic mass is 32.1. The van der Waals surface area contributed by atoms with E-state index in [0.29, 0.717) is 42.6 Å². The monoisotopic (exact) mass is 334 g/mol.